The van der Waals surface area contributed by atoms with Gasteiger partial charge in [0.2, 0.25) is 0 Å². The third kappa shape index (κ3) is 2.94. The van der Waals surface area contributed by atoms with Gasteiger partial charge in [0.05, 0.1) is 19.1 Å². The molecule has 0 saturated heterocycles. The molecule has 0 aliphatic heterocycles. The van der Waals surface area contributed by atoms with Crippen LogP contribution in [0.2, 0.25) is 0 Å². The number of thiophene rings is 1. The molecule has 0 saturated carbocycles. The van der Waals surface area contributed by atoms with Gasteiger partial charge in [-0.25, -0.2) is 14.8 Å². The first kappa shape index (κ1) is 15.2. The molecule has 0 amide bonds. The van der Waals surface area contributed by atoms with Crippen LogP contribution in [0.25, 0.3) is 10.2 Å². The Balaban J connectivity index is 2.50. The van der Waals surface area contributed by atoms with Crippen LogP contribution in [0.4, 0.5) is 5.82 Å². The number of hydrogen-bond donors (Lipinski definition) is 1. The van der Waals surface area contributed by atoms with E-state index in [4.69, 9.17) is 10.5 Å². The van der Waals surface area contributed by atoms with Crippen LogP contribution in [0, 0.1) is 6.92 Å². The highest BCUT2D eigenvalue weighted by molar-refractivity contribution is 7.20. The molecule has 0 radical (unpaired) electrons. The number of esters is 2. The highest BCUT2D eigenvalue weighted by atomic mass is 32.1. The zero-order valence-electron chi connectivity index (χ0n) is 11.9. The minimum absolute atomic E-state index is 0.0671. The molecule has 8 heteroatoms. The summed E-state index contributed by atoms with van der Waals surface area (Å²) in [5, 5.41) is 0.622. The van der Waals surface area contributed by atoms with E-state index in [2.05, 4.69) is 14.7 Å². The fraction of sp³-hybridized carbons (Fsp3) is 0.385. The molecule has 0 aliphatic rings. The van der Waals surface area contributed by atoms with E-state index in [1.807, 2.05) is 0 Å². The molecule has 2 N–H and O–H groups in total. The molecular formula is C13H15N3O4S. The summed E-state index contributed by atoms with van der Waals surface area (Å²) < 4.78 is 9.57. The van der Waals surface area contributed by atoms with Crippen molar-refractivity contribution in [2.45, 2.75) is 20.3 Å². The molecule has 7 nitrogen and oxygen atoms in total. The van der Waals surface area contributed by atoms with Crippen molar-refractivity contribution in [1.29, 1.82) is 0 Å². The third-order valence-electron chi connectivity index (χ3n) is 2.86. The predicted molar refractivity (Wildman–Crippen MR) is 78.2 cm³/mol. The fourth-order valence-electron chi connectivity index (χ4n) is 1.89. The number of ether oxygens (including phenoxy) is 2. The molecule has 21 heavy (non-hydrogen) atoms. The van der Waals surface area contributed by atoms with Gasteiger partial charge in [-0.2, -0.15) is 0 Å². The van der Waals surface area contributed by atoms with Gasteiger partial charge in [-0.05, 0) is 19.4 Å². The van der Waals surface area contributed by atoms with Crippen LogP contribution in [0.15, 0.2) is 0 Å². The SMILES string of the molecule is CCOC(=O)c1sc2nc(CC(=O)OC)nc(N)c2c1C. The number of methoxy groups -OCH3 is 1. The van der Waals surface area contributed by atoms with E-state index < -0.39 is 11.9 Å². The maximum Gasteiger partial charge on any atom is 0.348 e. The fourth-order valence-corrected chi connectivity index (χ4v) is 2.99. The number of anilines is 1. The number of rotatable bonds is 4. The van der Waals surface area contributed by atoms with Crippen molar-refractivity contribution in [3.05, 3.63) is 16.3 Å². The summed E-state index contributed by atoms with van der Waals surface area (Å²) in [5.41, 5.74) is 6.60. The zero-order valence-corrected chi connectivity index (χ0v) is 12.7. The first-order valence-corrected chi connectivity index (χ1v) is 7.09. The predicted octanol–water partition coefficient (Wildman–Crippen LogP) is 1.47. The highest BCUT2D eigenvalue weighted by Crippen LogP contribution is 2.33. The van der Waals surface area contributed by atoms with Crippen molar-refractivity contribution in [2.75, 3.05) is 19.5 Å². The standard InChI is InChI=1S/C13H15N3O4S/c1-4-20-13(18)10-6(2)9-11(14)15-7(5-8(17)19-3)16-12(9)21-10/h4-5H2,1-3H3,(H2,14,15,16). The van der Waals surface area contributed by atoms with E-state index in [-0.39, 0.29) is 18.1 Å². The molecule has 2 aromatic rings. The topological polar surface area (TPSA) is 104 Å². The van der Waals surface area contributed by atoms with Gasteiger partial charge in [-0.15, -0.1) is 11.3 Å². The third-order valence-corrected chi connectivity index (χ3v) is 4.02. The molecule has 2 rings (SSSR count). The van der Waals surface area contributed by atoms with Gasteiger partial charge in [0.25, 0.3) is 0 Å². The highest BCUT2D eigenvalue weighted by Gasteiger charge is 2.21. The van der Waals surface area contributed by atoms with Crippen LogP contribution in [0.3, 0.4) is 0 Å². The lowest BCUT2D eigenvalue weighted by Crippen LogP contribution is -2.09. The van der Waals surface area contributed by atoms with Crippen LogP contribution in [0.1, 0.15) is 28.0 Å². The van der Waals surface area contributed by atoms with Crippen molar-refractivity contribution in [3.8, 4) is 0 Å². The van der Waals surface area contributed by atoms with E-state index in [9.17, 15) is 9.59 Å². The van der Waals surface area contributed by atoms with Gasteiger partial charge >= 0.3 is 11.9 Å². The van der Waals surface area contributed by atoms with Gasteiger partial charge in [0.1, 0.15) is 27.8 Å². The Bertz CT molecular complexity index is 711. The lowest BCUT2D eigenvalue weighted by Gasteiger charge is -2.02. The zero-order chi connectivity index (χ0) is 15.6. The van der Waals surface area contributed by atoms with E-state index in [1.165, 1.54) is 18.4 Å². The summed E-state index contributed by atoms with van der Waals surface area (Å²) in [6, 6.07) is 0. The minimum atomic E-state index is -0.451. The van der Waals surface area contributed by atoms with Crippen LogP contribution >= 0.6 is 11.3 Å². The Hall–Kier alpha value is -2.22. The molecule has 0 spiro atoms. The van der Waals surface area contributed by atoms with Crippen molar-refractivity contribution in [1.82, 2.24) is 9.97 Å². The minimum Gasteiger partial charge on any atom is -0.469 e. The number of nitrogen functional groups attached to an aromatic ring is 1. The van der Waals surface area contributed by atoms with Crippen LogP contribution in [-0.2, 0) is 20.7 Å². The van der Waals surface area contributed by atoms with Gasteiger partial charge in [0, 0.05) is 0 Å². The van der Waals surface area contributed by atoms with E-state index in [0.717, 1.165) is 0 Å². The summed E-state index contributed by atoms with van der Waals surface area (Å²) in [4.78, 5) is 32.5. The maximum absolute atomic E-state index is 11.9. The molecular weight excluding hydrogens is 294 g/mol. The second kappa shape index (κ2) is 6.04. The molecule has 0 aromatic carbocycles. The Morgan fingerprint density at radius 1 is 1.33 bits per heavy atom. The number of fused-ring (bicyclic) bond motifs is 1. The summed E-state index contributed by atoms with van der Waals surface area (Å²) in [7, 11) is 1.29. The van der Waals surface area contributed by atoms with E-state index in [0.29, 0.717) is 27.3 Å². The molecule has 0 fully saturated rings. The smallest absolute Gasteiger partial charge is 0.348 e. The monoisotopic (exact) mass is 309 g/mol. The summed E-state index contributed by atoms with van der Waals surface area (Å²) in [6.07, 6.45) is -0.0671. The molecule has 0 aliphatic carbocycles. The molecule has 0 unspecified atom stereocenters. The van der Waals surface area contributed by atoms with Crippen molar-refractivity contribution in [3.63, 3.8) is 0 Å². The second-order valence-electron chi connectivity index (χ2n) is 4.23. The normalized spacial score (nSPS) is 10.6. The van der Waals surface area contributed by atoms with Crippen molar-refractivity contribution < 1.29 is 19.1 Å². The Morgan fingerprint density at radius 3 is 2.67 bits per heavy atom. The Kier molecular flexibility index (Phi) is 4.37. The largest absolute Gasteiger partial charge is 0.469 e. The molecule has 0 atom stereocenters. The lowest BCUT2D eigenvalue weighted by atomic mass is 10.2. The summed E-state index contributed by atoms with van der Waals surface area (Å²) in [6.45, 7) is 3.80. The van der Waals surface area contributed by atoms with E-state index in [1.54, 1.807) is 13.8 Å². The average molecular weight is 309 g/mol. The number of carbonyl (C=O) groups is 2. The quantitative estimate of drug-likeness (QED) is 0.853. The van der Waals surface area contributed by atoms with Crippen LogP contribution < -0.4 is 5.73 Å². The Labute approximate surface area is 125 Å². The summed E-state index contributed by atoms with van der Waals surface area (Å²) in [5.74, 6) is -0.355. The number of carbonyl (C=O) groups excluding carboxylic acids is 2. The maximum atomic E-state index is 11.9. The van der Waals surface area contributed by atoms with Gasteiger partial charge in [-0.1, -0.05) is 0 Å². The number of nitrogens with zero attached hydrogens (tertiary/aromatic N) is 2. The van der Waals surface area contributed by atoms with Gasteiger partial charge < -0.3 is 15.2 Å². The van der Waals surface area contributed by atoms with Crippen LogP contribution in [0.5, 0.6) is 0 Å². The van der Waals surface area contributed by atoms with Crippen molar-refractivity contribution >= 4 is 39.3 Å². The first-order chi connectivity index (χ1) is 9.97. The number of aromatic nitrogens is 2. The molecule has 0 bridgehead atoms. The average Bonchev–Trinajstić information content (AvgIpc) is 2.76. The number of nitrogens with two attached hydrogens (primary N) is 1. The Morgan fingerprint density at radius 2 is 2.05 bits per heavy atom. The lowest BCUT2D eigenvalue weighted by molar-refractivity contribution is -0.139. The number of aryl methyl sites for hydroxylation is 1. The molecule has 2 heterocycles. The van der Waals surface area contributed by atoms with Gasteiger partial charge in [-0.3, -0.25) is 4.79 Å². The molecule has 112 valence electrons. The first-order valence-electron chi connectivity index (χ1n) is 6.27. The number of hydrogen-bond acceptors (Lipinski definition) is 8. The van der Waals surface area contributed by atoms with Crippen molar-refractivity contribution in [2.24, 2.45) is 0 Å². The second-order valence-corrected chi connectivity index (χ2v) is 5.23. The summed E-state index contributed by atoms with van der Waals surface area (Å²) >= 11 is 1.18. The molecule has 2 aromatic heterocycles. The van der Waals surface area contributed by atoms with Gasteiger partial charge in [0.15, 0.2) is 0 Å². The van der Waals surface area contributed by atoms with Crippen LogP contribution in [-0.4, -0.2) is 35.6 Å². The van der Waals surface area contributed by atoms with E-state index >= 15 is 0 Å².